The van der Waals surface area contributed by atoms with Crippen molar-refractivity contribution in [1.29, 1.82) is 0 Å². The molecule has 3 amide bonds. The van der Waals surface area contributed by atoms with Crippen molar-refractivity contribution in [2.24, 2.45) is 0 Å². The Morgan fingerprint density at radius 3 is 1.63 bits per heavy atom. The number of amides is 3. The summed E-state index contributed by atoms with van der Waals surface area (Å²) in [5.41, 5.74) is 5.49. The molecule has 0 heterocycles. The number of benzene rings is 1. The minimum absolute atomic E-state index is 0.0252. The van der Waals surface area contributed by atoms with Crippen LogP contribution in [0.2, 0.25) is 0 Å². The fraction of sp³-hybridized carbons (Fsp3) is 0.625. The van der Waals surface area contributed by atoms with E-state index in [1.165, 1.54) is 51.4 Å². The predicted molar refractivity (Wildman–Crippen MR) is 122 cm³/mol. The smallest absolute Gasteiger partial charge is 0.238 e. The first-order valence-electron chi connectivity index (χ1n) is 11.5. The Kier molecular flexibility index (Phi) is 15.0. The van der Waals surface area contributed by atoms with Crippen molar-refractivity contribution in [3.8, 4) is 0 Å². The van der Waals surface area contributed by atoms with Crippen LogP contribution in [0.15, 0.2) is 30.3 Å². The molecule has 0 saturated carbocycles. The topological polar surface area (TPSA) is 87.3 Å². The number of anilines is 1. The lowest BCUT2D eigenvalue weighted by Crippen LogP contribution is -2.41. The maximum atomic E-state index is 11.8. The average molecular weight is 418 g/mol. The van der Waals surface area contributed by atoms with Gasteiger partial charge in [0.15, 0.2) is 0 Å². The van der Waals surface area contributed by atoms with E-state index < -0.39 is 0 Å². The van der Waals surface area contributed by atoms with E-state index in [1.54, 1.807) is 12.1 Å². The van der Waals surface area contributed by atoms with Crippen molar-refractivity contribution in [2.75, 3.05) is 5.32 Å². The van der Waals surface area contributed by atoms with Crippen LogP contribution < -0.4 is 16.2 Å². The van der Waals surface area contributed by atoms with Gasteiger partial charge in [0, 0.05) is 24.9 Å². The number of carbonyl (C=O) groups is 3. The second-order valence-electron chi connectivity index (χ2n) is 7.80. The first kappa shape index (κ1) is 25.7. The number of rotatable bonds is 16. The van der Waals surface area contributed by atoms with Crippen LogP contribution in [0.1, 0.15) is 96.8 Å². The molecule has 0 fully saturated rings. The van der Waals surface area contributed by atoms with E-state index in [-0.39, 0.29) is 30.6 Å². The second kappa shape index (κ2) is 17.5. The molecule has 0 aromatic heterocycles. The number of hydrazine groups is 1. The summed E-state index contributed by atoms with van der Waals surface area (Å²) >= 11 is 0. The first-order chi connectivity index (χ1) is 14.6. The Morgan fingerprint density at radius 2 is 1.07 bits per heavy atom. The van der Waals surface area contributed by atoms with Crippen LogP contribution in [-0.4, -0.2) is 17.7 Å². The lowest BCUT2D eigenvalue weighted by atomic mass is 10.1. The van der Waals surface area contributed by atoms with E-state index >= 15 is 0 Å². The molecule has 1 rings (SSSR count). The summed E-state index contributed by atoms with van der Waals surface area (Å²) in [4.78, 5) is 35.3. The van der Waals surface area contributed by atoms with Gasteiger partial charge in [0.1, 0.15) is 0 Å². The van der Waals surface area contributed by atoms with Crippen LogP contribution in [-0.2, 0) is 14.4 Å². The van der Waals surface area contributed by atoms with Crippen LogP contribution in [0.4, 0.5) is 5.69 Å². The number of nitrogens with one attached hydrogen (secondary N) is 3. The Balaban J connectivity index is 1.93. The zero-order valence-corrected chi connectivity index (χ0v) is 18.5. The molecule has 6 nitrogen and oxygen atoms in total. The molecular weight excluding hydrogens is 378 g/mol. The quantitative estimate of drug-likeness (QED) is 0.253. The molecule has 1 aromatic carbocycles. The van der Waals surface area contributed by atoms with Gasteiger partial charge >= 0.3 is 0 Å². The maximum absolute atomic E-state index is 11.8. The summed E-state index contributed by atoms with van der Waals surface area (Å²) in [6, 6.07) is 9.09. The van der Waals surface area contributed by atoms with Gasteiger partial charge in [-0.15, -0.1) is 0 Å². The predicted octanol–water partition coefficient (Wildman–Crippen LogP) is 5.25. The number of hydrogen-bond donors (Lipinski definition) is 3. The van der Waals surface area contributed by atoms with Crippen molar-refractivity contribution < 1.29 is 14.4 Å². The monoisotopic (exact) mass is 417 g/mol. The summed E-state index contributed by atoms with van der Waals surface area (Å²) in [5, 5.41) is 2.72. The molecule has 0 saturated heterocycles. The minimum Gasteiger partial charge on any atom is -0.326 e. The third-order valence-electron chi connectivity index (χ3n) is 4.99. The van der Waals surface area contributed by atoms with Crippen molar-refractivity contribution in [3.05, 3.63) is 30.3 Å². The molecular formula is C24H39N3O3. The lowest BCUT2D eigenvalue weighted by molar-refractivity contribution is -0.129. The van der Waals surface area contributed by atoms with E-state index in [2.05, 4.69) is 23.1 Å². The Labute approximate surface area is 181 Å². The third kappa shape index (κ3) is 14.6. The van der Waals surface area contributed by atoms with Crippen molar-refractivity contribution in [3.63, 3.8) is 0 Å². The molecule has 0 radical (unpaired) electrons. The van der Waals surface area contributed by atoms with Gasteiger partial charge in [0.2, 0.25) is 17.7 Å². The standard InChI is InChI=1S/C24H39N3O3/c1-2-3-4-5-6-7-8-9-10-11-15-18-23(29)26-27-24(30)20-19-22(28)25-21-16-13-12-14-17-21/h12-14,16-17H,2-11,15,18-20H2,1H3,(H,25,28)(H,26,29)(H,27,30). The molecule has 1 aromatic rings. The van der Waals surface area contributed by atoms with E-state index in [4.69, 9.17) is 0 Å². The fourth-order valence-corrected chi connectivity index (χ4v) is 3.19. The molecule has 30 heavy (non-hydrogen) atoms. The van der Waals surface area contributed by atoms with Crippen LogP contribution in [0.25, 0.3) is 0 Å². The fourth-order valence-electron chi connectivity index (χ4n) is 3.19. The summed E-state index contributed by atoms with van der Waals surface area (Å²) in [7, 11) is 0. The molecule has 0 bridgehead atoms. The van der Waals surface area contributed by atoms with Crippen LogP contribution >= 0.6 is 0 Å². The molecule has 0 unspecified atom stereocenters. The maximum Gasteiger partial charge on any atom is 0.238 e. The third-order valence-corrected chi connectivity index (χ3v) is 4.99. The Morgan fingerprint density at radius 1 is 0.600 bits per heavy atom. The second-order valence-corrected chi connectivity index (χ2v) is 7.80. The zero-order chi connectivity index (χ0) is 21.9. The Bertz CT molecular complexity index is 605. The van der Waals surface area contributed by atoms with Gasteiger partial charge < -0.3 is 5.32 Å². The minimum atomic E-state index is -0.370. The van der Waals surface area contributed by atoms with Gasteiger partial charge in [0.05, 0.1) is 0 Å². The molecule has 0 aliphatic carbocycles. The number of unbranched alkanes of at least 4 members (excludes halogenated alkanes) is 10. The van der Waals surface area contributed by atoms with Crippen LogP contribution in [0.5, 0.6) is 0 Å². The van der Waals surface area contributed by atoms with Crippen LogP contribution in [0, 0.1) is 0 Å². The summed E-state index contributed by atoms with van der Waals surface area (Å²) in [6.07, 6.45) is 14.1. The van der Waals surface area contributed by atoms with Gasteiger partial charge in [-0.05, 0) is 18.6 Å². The van der Waals surface area contributed by atoms with Gasteiger partial charge in [-0.2, -0.15) is 0 Å². The largest absolute Gasteiger partial charge is 0.326 e. The molecule has 168 valence electrons. The summed E-state index contributed by atoms with van der Waals surface area (Å²) in [5.74, 6) is -0.790. The number of carbonyl (C=O) groups excluding carboxylic acids is 3. The van der Waals surface area contributed by atoms with Crippen molar-refractivity contribution in [2.45, 2.75) is 96.8 Å². The Hall–Kier alpha value is -2.37. The molecule has 0 atom stereocenters. The highest BCUT2D eigenvalue weighted by molar-refractivity contribution is 5.93. The molecule has 0 aliphatic rings. The molecule has 0 spiro atoms. The highest BCUT2D eigenvalue weighted by atomic mass is 16.2. The summed E-state index contributed by atoms with van der Waals surface area (Å²) < 4.78 is 0. The van der Waals surface area contributed by atoms with Crippen molar-refractivity contribution >= 4 is 23.4 Å². The molecule has 0 aliphatic heterocycles. The van der Waals surface area contributed by atoms with E-state index in [9.17, 15) is 14.4 Å². The number of hydrogen-bond acceptors (Lipinski definition) is 3. The normalized spacial score (nSPS) is 10.4. The molecule has 3 N–H and O–H groups in total. The van der Waals surface area contributed by atoms with Gasteiger partial charge in [0.25, 0.3) is 0 Å². The van der Waals surface area contributed by atoms with E-state index in [1.807, 2.05) is 18.2 Å². The number of para-hydroxylation sites is 1. The van der Waals surface area contributed by atoms with E-state index in [0.29, 0.717) is 12.1 Å². The first-order valence-corrected chi connectivity index (χ1v) is 11.5. The SMILES string of the molecule is CCCCCCCCCCCCCC(=O)NNC(=O)CCC(=O)Nc1ccccc1. The van der Waals surface area contributed by atoms with Crippen molar-refractivity contribution in [1.82, 2.24) is 10.9 Å². The highest BCUT2D eigenvalue weighted by Crippen LogP contribution is 2.12. The zero-order valence-electron chi connectivity index (χ0n) is 18.5. The highest BCUT2D eigenvalue weighted by Gasteiger charge is 2.08. The van der Waals surface area contributed by atoms with Gasteiger partial charge in [-0.1, -0.05) is 89.3 Å². The average Bonchev–Trinajstić information content (AvgIpc) is 2.75. The summed E-state index contributed by atoms with van der Waals surface area (Å²) in [6.45, 7) is 2.24. The van der Waals surface area contributed by atoms with Crippen LogP contribution in [0.3, 0.4) is 0 Å². The lowest BCUT2D eigenvalue weighted by Gasteiger charge is -2.08. The van der Waals surface area contributed by atoms with E-state index in [0.717, 1.165) is 19.3 Å². The van der Waals surface area contributed by atoms with Gasteiger partial charge in [-0.3, -0.25) is 25.2 Å². The molecule has 6 heteroatoms. The van der Waals surface area contributed by atoms with Gasteiger partial charge in [-0.25, -0.2) is 0 Å².